The predicted octanol–water partition coefficient (Wildman–Crippen LogP) is 6.84. The highest BCUT2D eigenvalue weighted by Crippen LogP contribution is 2.29. The van der Waals surface area contributed by atoms with Gasteiger partial charge < -0.3 is 9.84 Å². The summed E-state index contributed by atoms with van der Waals surface area (Å²) < 4.78 is 31.6. The molecule has 6 heteroatoms. The molecule has 0 bridgehead atoms. The average Bonchev–Trinajstić information content (AvgIpc) is 2.77. The molecule has 0 fully saturated rings. The fourth-order valence-electron chi connectivity index (χ4n) is 2.97. The molecule has 0 aliphatic carbocycles. The first kappa shape index (κ1) is 22.6. The van der Waals surface area contributed by atoms with Gasteiger partial charge in [0.15, 0.2) is 0 Å². The summed E-state index contributed by atoms with van der Waals surface area (Å²) in [5.74, 6) is -0.259. The van der Waals surface area contributed by atoms with Crippen molar-refractivity contribution in [3.8, 4) is 5.75 Å². The number of carboxylic acid groups (broad SMARTS) is 1. The Morgan fingerprint density at radius 1 is 0.935 bits per heavy atom. The Morgan fingerprint density at radius 2 is 1.61 bits per heavy atom. The molecule has 3 aromatic rings. The molecule has 0 aliphatic rings. The number of thioether (sulfide) groups is 1. The molecule has 1 N–H and O–H groups in total. The normalized spacial score (nSPS) is 11.5. The Kier molecular flexibility index (Phi) is 8.24. The highest BCUT2D eigenvalue weighted by molar-refractivity contribution is 8.00. The van der Waals surface area contributed by atoms with Gasteiger partial charge in [0.2, 0.25) is 0 Å². The van der Waals surface area contributed by atoms with Gasteiger partial charge in [-0.2, -0.15) is 8.78 Å². The standard InChI is InChI=1S/C25H22F2O3S/c26-24(27)16-23(31-22-14-9-20(10-15-22)25(28)29)13-8-18-6-11-21(12-7-18)30-17-19-4-2-1-3-5-19/h1-7,9-12,14-16,23H,8,13,17H2,(H,28,29)/t23-/m1/s1. The lowest BCUT2D eigenvalue weighted by Crippen LogP contribution is -2.02. The third-order valence-electron chi connectivity index (χ3n) is 4.59. The van der Waals surface area contributed by atoms with E-state index in [0.717, 1.165) is 27.8 Å². The first-order chi connectivity index (χ1) is 15.0. The Balaban J connectivity index is 1.55. The molecule has 0 saturated carbocycles. The highest BCUT2D eigenvalue weighted by atomic mass is 32.2. The molecule has 0 aliphatic heterocycles. The van der Waals surface area contributed by atoms with Crippen LogP contribution in [0.1, 0.15) is 27.9 Å². The summed E-state index contributed by atoms with van der Waals surface area (Å²) in [6.45, 7) is 0.486. The van der Waals surface area contributed by atoms with Gasteiger partial charge in [0.1, 0.15) is 12.4 Å². The largest absolute Gasteiger partial charge is 0.489 e. The van der Waals surface area contributed by atoms with Gasteiger partial charge in [0, 0.05) is 10.1 Å². The summed E-state index contributed by atoms with van der Waals surface area (Å²) in [7, 11) is 0. The summed E-state index contributed by atoms with van der Waals surface area (Å²) in [6.07, 6.45) is 0.387. The minimum Gasteiger partial charge on any atom is -0.489 e. The zero-order chi connectivity index (χ0) is 22.1. The second-order valence-corrected chi connectivity index (χ2v) is 8.21. The molecule has 0 radical (unpaired) electrons. The van der Waals surface area contributed by atoms with Crippen LogP contribution in [0, 0.1) is 0 Å². The van der Waals surface area contributed by atoms with Crippen molar-refractivity contribution in [2.45, 2.75) is 29.6 Å². The van der Waals surface area contributed by atoms with Crippen molar-refractivity contribution in [2.24, 2.45) is 0 Å². The number of hydrogen-bond acceptors (Lipinski definition) is 3. The number of aryl methyl sites for hydroxylation is 1. The maximum atomic E-state index is 12.9. The van der Waals surface area contributed by atoms with Crippen LogP contribution < -0.4 is 4.74 Å². The number of hydrogen-bond donors (Lipinski definition) is 1. The second-order valence-electron chi connectivity index (χ2n) is 6.90. The number of halogens is 2. The SMILES string of the molecule is O=C(O)c1ccc(S[C@@H](C=C(F)F)CCc2ccc(OCc3ccccc3)cc2)cc1. The third kappa shape index (κ3) is 7.57. The number of benzene rings is 3. The molecule has 0 heterocycles. The van der Waals surface area contributed by atoms with Crippen LogP contribution in [0.3, 0.4) is 0 Å². The lowest BCUT2D eigenvalue weighted by atomic mass is 10.1. The number of carboxylic acids is 1. The van der Waals surface area contributed by atoms with Crippen molar-refractivity contribution in [1.29, 1.82) is 0 Å². The third-order valence-corrected chi connectivity index (χ3v) is 5.81. The predicted molar refractivity (Wildman–Crippen MR) is 119 cm³/mol. The van der Waals surface area contributed by atoms with Crippen molar-refractivity contribution in [2.75, 3.05) is 0 Å². The molecule has 31 heavy (non-hydrogen) atoms. The summed E-state index contributed by atoms with van der Waals surface area (Å²) in [5, 5.41) is 8.55. The van der Waals surface area contributed by atoms with E-state index in [2.05, 4.69) is 0 Å². The summed E-state index contributed by atoms with van der Waals surface area (Å²) in [5.41, 5.74) is 2.29. The van der Waals surface area contributed by atoms with E-state index >= 15 is 0 Å². The van der Waals surface area contributed by atoms with E-state index in [0.29, 0.717) is 19.4 Å². The molecule has 3 nitrogen and oxygen atoms in total. The molecule has 3 aromatic carbocycles. The van der Waals surface area contributed by atoms with Gasteiger partial charge in [0.05, 0.1) is 5.56 Å². The summed E-state index contributed by atoms with van der Waals surface area (Å²) >= 11 is 1.29. The molecule has 160 valence electrons. The molecule has 0 spiro atoms. The van der Waals surface area contributed by atoms with Gasteiger partial charge in [-0.25, -0.2) is 4.79 Å². The lowest BCUT2D eigenvalue weighted by molar-refractivity contribution is 0.0697. The van der Waals surface area contributed by atoms with Crippen LogP contribution in [0.2, 0.25) is 0 Å². The van der Waals surface area contributed by atoms with Crippen LogP contribution in [-0.2, 0) is 13.0 Å². The molecule has 0 unspecified atom stereocenters. The average molecular weight is 441 g/mol. The molecule has 0 amide bonds. The van der Waals surface area contributed by atoms with E-state index in [1.807, 2.05) is 54.6 Å². The van der Waals surface area contributed by atoms with Crippen molar-refractivity contribution in [1.82, 2.24) is 0 Å². The van der Waals surface area contributed by atoms with Gasteiger partial charge in [-0.05, 0) is 66.4 Å². The van der Waals surface area contributed by atoms with Gasteiger partial charge in [-0.15, -0.1) is 11.8 Å². The maximum absolute atomic E-state index is 12.9. The van der Waals surface area contributed by atoms with Gasteiger partial charge >= 0.3 is 5.97 Å². The number of carbonyl (C=O) groups is 1. The van der Waals surface area contributed by atoms with E-state index in [1.165, 1.54) is 23.9 Å². The zero-order valence-electron chi connectivity index (χ0n) is 16.7. The first-order valence-electron chi connectivity index (χ1n) is 9.78. The van der Waals surface area contributed by atoms with Crippen LogP contribution in [0.5, 0.6) is 5.75 Å². The topological polar surface area (TPSA) is 46.5 Å². The Labute approximate surface area is 184 Å². The Morgan fingerprint density at radius 3 is 2.23 bits per heavy atom. The fourth-order valence-corrected chi connectivity index (χ4v) is 4.02. The van der Waals surface area contributed by atoms with E-state index < -0.39 is 17.3 Å². The Hall–Kier alpha value is -3.12. The van der Waals surface area contributed by atoms with E-state index in [-0.39, 0.29) is 5.56 Å². The van der Waals surface area contributed by atoms with Crippen molar-refractivity contribution < 1.29 is 23.4 Å². The monoisotopic (exact) mass is 440 g/mol. The van der Waals surface area contributed by atoms with Crippen LogP contribution in [0.15, 0.2) is 95.9 Å². The Bertz CT molecular complexity index is 999. The smallest absolute Gasteiger partial charge is 0.335 e. The fraction of sp³-hybridized carbons (Fsp3) is 0.160. The lowest BCUT2D eigenvalue weighted by Gasteiger charge is -2.13. The zero-order valence-corrected chi connectivity index (χ0v) is 17.5. The van der Waals surface area contributed by atoms with Crippen LogP contribution >= 0.6 is 11.8 Å². The van der Waals surface area contributed by atoms with Crippen LogP contribution in [0.4, 0.5) is 8.78 Å². The molecule has 0 aromatic heterocycles. The first-order valence-corrected chi connectivity index (χ1v) is 10.7. The maximum Gasteiger partial charge on any atom is 0.335 e. The molecule has 3 rings (SSSR count). The number of aromatic carboxylic acids is 1. The van der Waals surface area contributed by atoms with Crippen LogP contribution in [0.25, 0.3) is 0 Å². The molecular formula is C25H22F2O3S. The van der Waals surface area contributed by atoms with Crippen molar-refractivity contribution in [3.05, 3.63) is 108 Å². The van der Waals surface area contributed by atoms with Gasteiger partial charge in [-0.1, -0.05) is 42.5 Å². The van der Waals surface area contributed by atoms with Crippen molar-refractivity contribution >= 4 is 17.7 Å². The number of rotatable bonds is 10. The van der Waals surface area contributed by atoms with E-state index in [1.54, 1.807) is 12.1 Å². The molecule has 0 saturated heterocycles. The van der Waals surface area contributed by atoms with E-state index in [9.17, 15) is 13.6 Å². The van der Waals surface area contributed by atoms with Gasteiger partial charge in [-0.3, -0.25) is 0 Å². The summed E-state index contributed by atoms with van der Waals surface area (Å²) in [6, 6.07) is 23.8. The van der Waals surface area contributed by atoms with E-state index in [4.69, 9.17) is 9.84 Å². The summed E-state index contributed by atoms with van der Waals surface area (Å²) in [4.78, 5) is 11.7. The highest BCUT2D eigenvalue weighted by Gasteiger charge is 2.12. The molecular weight excluding hydrogens is 418 g/mol. The van der Waals surface area contributed by atoms with Crippen molar-refractivity contribution in [3.63, 3.8) is 0 Å². The minimum absolute atomic E-state index is 0.169. The minimum atomic E-state index is -1.72. The second kappa shape index (κ2) is 11.3. The molecule has 1 atom stereocenters. The van der Waals surface area contributed by atoms with Crippen LogP contribution in [-0.4, -0.2) is 16.3 Å². The van der Waals surface area contributed by atoms with Gasteiger partial charge in [0.25, 0.3) is 6.08 Å². The quantitative estimate of drug-likeness (QED) is 0.351. The number of ether oxygens (including phenoxy) is 1.